The summed E-state index contributed by atoms with van der Waals surface area (Å²) in [6.45, 7) is 6.27. The molecule has 1 N–H and O–H groups in total. The lowest BCUT2D eigenvalue weighted by Gasteiger charge is -2.20. The second-order valence-corrected chi connectivity index (χ2v) is 6.95. The highest BCUT2D eigenvalue weighted by Crippen LogP contribution is 2.42. The van der Waals surface area contributed by atoms with E-state index >= 15 is 0 Å². The maximum Gasteiger partial charge on any atom is 0.228 e. The van der Waals surface area contributed by atoms with E-state index in [-0.39, 0.29) is 6.04 Å². The lowest BCUT2D eigenvalue weighted by molar-refractivity contribution is 0.662. The van der Waals surface area contributed by atoms with E-state index in [9.17, 15) is 0 Å². The second kappa shape index (κ2) is 5.89. The van der Waals surface area contributed by atoms with Crippen molar-refractivity contribution < 1.29 is 0 Å². The molecule has 1 saturated carbocycles. The Hall–Kier alpha value is -2.43. The summed E-state index contributed by atoms with van der Waals surface area (Å²) < 4.78 is 1.85. The van der Waals surface area contributed by atoms with Crippen LogP contribution in [0.5, 0.6) is 0 Å². The molecule has 0 aliphatic heterocycles. The zero-order chi connectivity index (χ0) is 16.7. The third kappa shape index (κ3) is 2.75. The van der Waals surface area contributed by atoms with Gasteiger partial charge in [0.2, 0.25) is 5.95 Å². The number of aryl methyl sites for hydroxylation is 1. The number of hydrogen-bond acceptors (Lipinski definition) is 4. The lowest BCUT2D eigenvalue weighted by atomic mass is 10.0. The summed E-state index contributed by atoms with van der Waals surface area (Å²) in [5.41, 5.74) is 3.37. The summed E-state index contributed by atoms with van der Waals surface area (Å²) in [5.74, 6) is 2.61. The zero-order valence-electron chi connectivity index (χ0n) is 14.4. The molecule has 24 heavy (non-hydrogen) atoms. The summed E-state index contributed by atoms with van der Waals surface area (Å²) >= 11 is 0. The van der Waals surface area contributed by atoms with Gasteiger partial charge in [-0.1, -0.05) is 44.2 Å². The fraction of sp³-hybridized carbons (Fsp3) is 0.421. The van der Waals surface area contributed by atoms with Crippen molar-refractivity contribution in [1.82, 2.24) is 19.6 Å². The third-order valence-electron chi connectivity index (χ3n) is 4.67. The van der Waals surface area contributed by atoms with Crippen LogP contribution < -0.4 is 5.32 Å². The van der Waals surface area contributed by atoms with Crippen LogP contribution in [0.25, 0.3) is 5.65 Å². The van der Waals surface area contributed by atoms with E-state index < -0.39 is 0 Å². The normalized spacial score (nSPS) is 15.8. The number of hydrogen-bond donors (Lipinski definition) is 1. The number of rotatable bonds is 5. The summed E-state index contributed by atoms with van der Waals surface area (Å²) in [5, 5.41) is 8.18. The van der Waals surface area contributed by atoms with E-state index in [2.05, 4.69) is 64.6 Å². The van der Waals surface area contributed by atoms with Gasteiger partial charge in [0, 0.05) is 5.56 Å². The van der Waals surface area contributed by atoms with E-state index in [4.69, 9.17) is 0 Å². The van der Waals surface area contributed by atoms with Crippen LogP contribution in [0, 0.1) is 12.8 Å². The molecule has 0 saturated heterocycles. The predicted octanol–water partition coefficient (Wildman–Crippen LogP) is 4.12. The number of benzene rings is 1. The molecule has 124 valence electrons. The van der Waals surface area contributed by atoms with Crippen molar-refractivity contribution in [3.05, 3.63) is 53.5 Å². The first-order valence-electron chi connectivity index (χ1n) is 8.67. The Bertz CT molecular complexity index is 849. The van der Waals surface area contributed by atoms with Gasteiger partial charge in [0.05, 0.1) is 12.2 Å². The molecule has 2 aromatic heterocycles. The molecule has 2 heterocycles. The molecule has 1 atom stereocenters. The highest BCUT2D eigenvalue weighted by atomic mass is 15.4. The van der Waals surface area contributed by atoms with Gasteiger partial charge in [0.1, 0.15) is 5.82 Å². The Labute approximate surface area is 142 Å². The molecule has 0 bridgehead atoms. The highest BCUT2D eigenvalue weighted by molar-refractivity contribution is 5.52. The molecule has 0 radical (unpaired) electrons. The molecule has 0 spiro atoms. The van der Waals surface area contributed by atoms with Crippen molar-refractivity contribution in [2.24, 2.45) is 5.92 Å². The SMILES string of the molecule is Cc1nc(N[C@H](c2ccccc2)C2CC2)n2ncc(C(C)C)c2n1. The van der Waals surface area contributed by atoms with Gasteiger partial charge in [-0.15, -0.1) is 0 Å². The van der Waals surface area contributed by atoms with Crippen LogP contribution in [0.2, 0.25) is 0 Å². The molecule has 1 aliphatic carbocycles. The average Bonchev–Trinajstić information content (AvgIpc) is 3.31. The molecule has 0 amide bonds. The summed E-state index contributed by atoms with van der Waals surface area (Å²) in [4.78, 5) is 9.24. The summed E-state index contributed by atoms with van der Waals surface area (Å²) in [6.07, 6.45) is 4.43. The van der Waals surface area contributed by atoms with Gasteiger partial charge in [-0.3, -0.25) is 0 Å². The van der Waals surface area contributed by atoms with Gasteiger partial charge in [0.25, 0.3) is 0 Å². The molecule has 3 aromatic rings. The molecule has 1 aliphatic rings. The Morgan fingerprint density at radius 3 is 2.54 bits per heavy atom. The lowest BCUT2D eigenvalue weighted by Crippen LogP contribution is -2.17. The maximum atomic E-state index is 4.63. The van der Waals surface area contributed by atoms with Crippen LogP contribution in [-0.4, -0.2) is 19.6 Å². The number of aromatic nitrogens is 4. The minimum atomic E-state index is 0.274. The number of nitrogens with one attached hydrogen (secondary N) is 1. The number of nitrogens with zero attached hydrogens (tertiary/aromatic N) is 4. The van der Waals surface area contributed by atoms with Crippen molar-refractivity contribution in [2.45, 2.75) is 45.6 Å². The quantitative estimate of drug-likeness (QED) is 0.768. The molecule has 1 aromatic carbocycles. The van der Waals surface area contributed by atoms with E-state index in [1.165, 1.54) is 18.4 Å². The summed E-state index contributed by atoms with van der Waals surface area (Å²) in [7, 11) is 0. The molecular formula is C19H23N5. The monoisotopic (exact) mass is 321 g/mol. The fourth-order valence-electron chi connectivity index (χ4n) is 3.20. The molecule has 5 nitrogen and oxygen atoms in total. The molecule has 4 rings (SSSR count). The van der Waals surface area contributed by atoms with Crippen LogP contribution in [0.1, 0.15) is 55.6 Å². The van der Waals surface area contributed by atoms with Crippen LogP contribution in [0.15, 0.2) is 36.5 Å². The molecular weight excluding hydrogens is 298 g/mol. The van der Waals surface area contributed by atoms with Gasteiger partial charge >= 0.3 is 0 Å². The van der Waals surface area contributed by atoms with Crippen molar-refractivity contribution in [3.63, 3.8) is 0 Å². The van der Waals surface area contributed by atoms with E-state index in [0.717, 1.165) is 23.0 Å². The van der Waals surface area contributed by atoms with Gasteiger partial charge < -0.3 is 5.32 Å². The molecule has 1 fully saturated rings. The van der Waals surface area contributed by atoms with Crippen molar-refractivity contribution in [3.8, 4) is 0 Å². The Balaban J connectivity index is 1.76. The smallest absolute Gasteiger partial charge is 0.228 e. The van der Waals surface area contributed by atoms with Crippen LogP contribution in [0.4, 0.5) is 5.95 Å². The number of anilines is 1. The standard InChI is InChI=1S/C19H23N5/c1-12(2)16-11-20-24-18(16)21-13(3)22-19(24)23-17(15-9-10-15)14-7-5-4-6-8-14/h4-8,11-12,15,17H,9-10H2,1-3H3,(H,21,22,23)/t17-/m1/s1. The van der Waals surface area contributed by atoms with Crippen molar-refractivity contribution in [2.75, 3.05) is 5.32 Å². The molecule has 5 heteroatoms. The van der Waals surface area contributed by atoms with Gasteiger partial charge in [0.15, 0.2) is 5.65 Å². The van der Waals surface area contributed by atoms with Crippen LogP contribution in [-0.2, 0) is 0 Å². The van der Waals surface area contributed by atoms with Crippen LogP contribution >= 0.6 is 0 Å². The van der Waals surface area contributed by atoms with E-state index in [1.807, 2.05) is 17.6 Å². The first-order valence-corrected chi connectivity index (χ1v) is 8.67. The fourth-order valence-corrected chi connectivity index (χ4v) is 3.20. The maximum absolute atomic E-state index is 4.63. The Morgan fingerprint density at radius 1 is 1.12 bits per heavy atom. The van der Waals surface area contributed by atoms with Crippen molar-refractivity contribution >= 4 is 11.6 Å². The average molecular weight is 321 g/mol. The van der Waals surface area contributed by atoms with Crippen molar-refractivity contribution in [1.29, 1.82) is 0 Å². The minimum Gasteiger partial charge on any atom is -0.347 e. The largest absolute Gasteiger partial charge is 0.347 e. The van der Waals surface area contributed by atoms with E-state index in [0.29, 0.717) is 11.8 Å². The molecule has 0 unspecified atom stereocenters. The van der Waals surface area contributed by atoms with Gasteiger partial charge in [-0.2, -0.15) is 14.6 Å². The summed E-state index contributed by atoms with van der Waals surface area (Å²) in [6, 6.07) is 10.9. The highest BCUT2D eigenvalue weighted by Gasteiger charge is 2.33. The first kappa shape index (κ1) is 15.1. The predicted molar refractivity (Wildman–Crippen MR) is 95.1 cm³/mol. The van der Waals surface area contributed by atoms with E-state index in [1.54, 1.807) is 0 Å². The Morgan fingerprint density at radius 2 is 1.88 bits per heavy atom. The zero-order valence-corrected chi connectivity index (χ0v) is 14.4. The first-order chi connectivity index (χ1) is 11.6. The van der Waals surface area contributed by atoms with Gasteiger partial charge in [-0.25, -0.2) is 4.98 Å². The Kier molecular flexibility index (Phi) is 3.71. The third-order valence-corrected chi connectivity index (χ3v) is 4.67. The second-order valence-electron chi connectivity index (χ2n) is 6.95. The topological polar surface area (TPSA) is 55.1 Å². The minimum absolute atomic E-state index is 0.274. The van der Waals surface area contributed by atoms with Gasteiger partial charge in [-0.05, 0) is 37.2 Å². The number of fused-ring (bicyclic) bond motifs is 1. The van der Waals surface area contributed by atoms with Crippen LogP contribution in [0.3, 0.4) is 0 Å².